The van der Waals surface area contributed by atoms with Crippen LogP contribution in [-0.2, 0) is 33.3 Å². The van der Waals surface area contributed by atoms with Crippen molar-refractivity contribution in [1.82, 2.24) is 0 Å². The minimum atomic E-state index is -2.02. The highest BCUT2D eigenvalue weighted by Crippen LogP contribution is 2.62. The van der Waals surface area contributed by atoms with E-state index in [9.17, 15) is 29.4 Å². The lowest BCUT2D eigenvalue weighted by Gasteiger charge is -2.65. The second kappa shape index (κ2) is 9.61. The van der Waals surface area contributed by atoms with Gasteiger partial charge in [-0.05, 0) is 37.1 Å². The van der Waals surface area contributed by atoms with Crippen molar-refractivity contribution >= 4 is 23.7 Å². The Morgan fingerprint density at radius 2 is 1.68 bits per heavy atom. The largest absolute Gasteiger partial charge is 0.455 e. The van der Waals surface area contributed by atoms with Crippen molar-refractivity contribution in [2.45, 2.75) is 83.6 Å². The molecule has 1 aliphatic heterocycles. The number of rotatable bonds is 4. The predicted octanol–water partition coefficient (Wildman–Crippen LogP) is 2.46. The predicted molar refractivity (Wildman–Crippen MR) is 143 cm³/mol. The Hall–Kier alpha value is -3.34. The average molecular weight is 569 g/mol. The lowest BCUT2D eigenvalue weighted by molar-refractivity contribution is -0.306. The summed E-state index contributed by atoms with van der Waals surface area (Å²) in [7, 11) is 0. The van der Waals surface area contributed by atoms with Crippen LogP contribution < -0.4 is 0 Å². The van der Waals surface area contributed by atoms with Crippen molar-refractivity contribution in [2.75, 3.05) is 6.61 Å². The van der Waals surface area contributed by atoms with E-state index in [1.54, 1.807) is 70.2 Å². The van der Waals surface area contributed by atoms with E-state index in [1.807, 2.05) is 0 Å². The average Bonchev–Trinajstić information content (AvgIpc) is 2.88. The van der Waals surface area contributed by atoms with Gasteiger partial charge in [0.05, 0.1) is 29.6 Å². The summed E-state index contributed by atoms with van der Waals surface area (Å²) in [5.41, 5.74) is -5.63. The molecule has 8 unspecified atom stereocenters. The third-order valence-corrected chi connectivity index (χ3v) is 9.61. The molecule has 3 aliphatic carbocycles. The number of aliphatic hydroxyl groups excluding tert-OH is 1. The third-order valence-electron chi connectivity index (χ3n) is 9.61. The van der Waals surface area contributed by atoms with Crippen molar-refractivity contribution in [3.63, 3.8) is 0 Å². The van der Waals surface area contributed by atoms with Gasteiger partial charge in [0.2, 0.25) is 0 Å². The molecule has 1 aromatic carbocycles. The summed E-state index contributed by atoms with van der Waals surface area (Å²) in [6.07, 6.45) is -2.06. The number of aliphatic hydroxyl groups is 2. The molecule has 2 N–H and O–H groups in total. The van der Waals surface area contributed by atoms with E-state index in [0.29, 0.717) is 5.57 Å². The summed E-state index contributed by atoms with van der Waals surface area (Å²) >= 11 is 0. The minimum absolute atomic E-state index is 0.131. The van der Waals surface area contributed by atoms with Crippen LogP contribution in [0.15, 0.2) is 53.6 Å². The molecule has 8 atom stereocenters. The van der Waals surface area contributed by atoms with E-state index < -0.39 is 76.1 Å². The van der Waals surface area contributed by atoms with Crippen LogP contribution >= 0.6 is 0 Å². The number of esters is 3. The zero-order valence-electron chi connectivity index (χ0n) is 24.0. The first kappa shape index (κ1) is 29.2. The molecule has 0 aromatic heterocycles. The maximum atomic E-state index is 14.7. The molecule has 1 saturated carbocycles. The molecule has 10 nitrogen and oxygen atoms in total. The van der Waals surface area contributed by atoms with Crippen LogP contribution in [0.5, 0.6) is 0 Å². The quantitative estimate of drug-likeness (QED) is 0.316. The van der Waals surface area contributed by atoms with Gasteiger partial charge in [0, 0.05) is 25.7 Å². The lowest BCUT2D eigenvalue weighted by atomic mass is 9.46. The molecular weight excluding hydrogens is 532 g/mol. The number of allylic oxidation sites excluding steroid dienone is 1. The topological polar surface area (TPSA) is 146 Å². The number of hydrogen-bond donors (Lipinski definition) is 2. The highest BCUT2D eigenvalue weighted by Gasteiger charge is 2.75. The smallest absolute Gasteiger partial charge is 0.338 e. The van der Waals surface area contributed by atoms with E-state index >= 15 is 0 Å². The molecule has 2 fully saturated rings. The van der Waals surface area contributed by atoms with Crippen LogP contribution in [0.3, 0.4) is 0 Å². The first-order chi connectivity index (χ1) is 19.1. The van der Waals surface area contributed by atoms with Gasteiger partial charge in [-0.15, -0.1) is 0 Å². The number of carbonyl (C=O) groups excluding carboxylic acids is 4. The van der Waals surface area contributed by atoms with E-state index in [4.69, 9.17) is 18.9 Å². The summed E-state index contributed by atoms with van der Waals surface area (Å²) in [6, 6.07) is 8.19. The van der Waals surface area contributed by atoms with Crippen LogP contribution in [0.2, 0.25) is 0 Å². The van der Waals surface area contributed by atoms with Crippen molar-refractivity contribution in [1.29, 1.82) is 0 Å². The highest BCUT2D eigenvalue weighted by molar-refractivity contribution is 5.96. The molecule has 2 bridgehead atoms. The van der Waals surface area contributed by atoms with Gasteiger partial charge in [-0.1, -0.05) is 44.2 Å². The van der Waals surface area contributed by atoms with Crippen LogP contribution in [0, 0.1) is 16.7 Å². The standard InChI is InChI=1S/C31H36O10/c1-16-20(34)14-31(37)26(40-27(36)19-10-8-7-9-11-19)24-29(6,13-12-21-30(24,15-38-21)41-18(3)33)25(35)23(39-17(2)32)22(16)28(31,4)5/h7-13,20-21,23-24,26,34,37H,14-15H2,1-6H3. The molecule has 1 aromatic rings. The molecule has 5 rings (SSSR count). The number of ketones is 1. The number of ether oxygens (including phenoxy) is 4. The summed E-state index contributed by atoms with van der Waals surface area (Å²) < 4.78 is 23.6. The molecule has 0 spiro atoms. The van der Waals surface area contributed by atoms with Crippen molar-refractivity contribution < 1.29 is 48.3 Å². The number of fused-ring (bicyclic) bond motifs is 5. The molecule has 0 amide bonds. The Bertz CT molecular complexity index is 1360. The zero-order chi connectivity index (χ0) is 30.1. The Balaban J connectivity index is 1.82. The first-order valence-corrected chi connectivity index (χ1v) is 13.7. The molecular formula is C31H36O10. The van der Waals surface area contributed by atoms with E-state index in [-0.39, 0.29) is 24.2 Å². The molecule has 41 heavy (non-hydrogen) atoms. The lowest BCUT2D eigenvalue weighted by Crippen LogP contribution is -2.78. The maximum absolute atomic E-state index is 14.7. The first-order valence-electron chi connectivity index (χ1n) is 13.7. The van der Waals surface area contributed by atoms with Crippen LogP contribution in [-0.4, -0.2) is 76.1 Å². The van der Waals surface area contributed by atoms with Crippen LogP contribution in [0.25, 0.3) is 0 Å². The fourth-order valence-electron chi connectivity index (χ4n) is 7.46. The van der Waals surface area contributed by atoms with Gasteiger partial charge < -0.3 is 29.2 Å². The fourth-order valence-corrected chi connectivity index (χ4v) is 7.46. The van der Waals surface area contributed by atoms with Gasteiger partial charge in [0.25, 0.3) is 0 Å². The van der Waals surface area contributed by atoms with Crippen LogP contribution in [0.1, 0.15) is 58.3 Å². The normalized spacial score (nSPS) is 38.8. The highest BCUT2D eigenvalue weighted by atomic mass is 16.6. The molecule has 10 heteroatoms. The Kier molecular flexibility index (Phi) is 6.83. The summed E-state index contributed by atoms with van der Waals surface area (Å²) in [4.78, 5) is 53.2. The van der Waals surface area contributed by atoms with E-state index in [1.165, 1.54) is 13.8 Å². The molecule has 220 valence electrons. The van der Waals surface area contributed by atoms with Gasteiger partial charge in [-0.25, -0.2) is 4.79 Å². The second-order valence-corrected chi connectivity index (χ2v) is 12.3. The molecule has 1 saturated heterocycles. The van der Waals surface area contributed by atoms with Crippen molar-refractivity contribution in [2.24, 2.45) is 16.7 Å². The third kappa shape index (κ3) is 4.10. The SMILES string of the molecule is CC(=O)OC1C(=O)C2(C)C=CC3OCC3(OC(C)=O)C2C(OC(=O)c2ccccc2)C2(O)CC(O)C(C)=C1C2(C)C. The number of benzene rings is 1. The Morgan fingerprint density at radius 1 is 1.02 bits per heavy atom. The fraction of sp³-hybridized carbons (Fsp3) is 0.548. The van der Waals surface area contributed by atoms with Crippen molar-refractivity contribution in [3.05, 3.63) is 59.2 Å². The van der Waals surface area contributed by atoms with E-state index in [2.05, 4.69) is 0 Å². The maximum Gasteiger partial charge on any atom is 0.338 e. The second-order valence-electron chi connectivity index (χ2n) is 12.3. The van der Waals surface area contributed by atoms with E-state index in [0.717, 1.165) is 0 Å². The molecule has 4 aliphatic rings. The minimum Gasteiger partial charge on any atom is -0.455 e. The van der Waals surface area contributed by atoms with Gasteiger partial charge in [-0.2, -0.15) is 0 Å². The number of hydrogen-bond acceptors (Lipinski definition) is 10. The number of Topliss-reactive ketones (excluding diaryl/α,β-unsaturated/α-hetero) is 1. The Labute approximate surface area is 238 Å². The van der Waals surface area contributed by atoms with Gasteiger partial charge in [0.15, 0.2) is 17.5 Å². The summed E-state index contributed by atoms with van der Waals surface area (Å²) in [5.74, 6) is -3.89. The molecule has 0 radical (unpaired) electrons. The van der Waals surface area contributed by atoms with Gasteiger partial charge in [0.1, 0.15) is 17.8 Å². The van der Waals surface area contributed by atoms with Gasteiger partial charge >= 0.3 is 17.9 Å². The van der Waals surface area contributed by atoms with Crippen molar-refractivity contribution in [3.8, 4) is 0 Å². The molecule has 1 heterocycles. The summed E-state index contributed by atoms with van der Waals surface area (Å²) in [5, 5.41) is 24.1. The van der Waals surface area contributed by atoms with Crippen LogP contribution in [0.4, 0.5) is 0 Å². The Morgan fingerprint density at radius 3 is 2.24 bits per heavy atom. The number of carbonyl (C=O) groups is 4. The monoisotopic (exact) mass is 568 g/mol. The summed E-state index contributed by atoms with van der Waals surface area (Å²) in [6.45, 7) is 8.83. The zero-order valence-corrected chi connectivity index (χ0v) is 24.0. The van der Waals surface area contributed by atoms with Gasteiger partial charge in [-0.3, -0.25) is 14.4 Å².